The van der Waals surface area contributed by atoms with E-state index in [-0.39, 0.29) is 25.0 Å². The van der Waals surface area contributed by atoms with Crippen molar-refractivity contribution in [2.24, 2.45) is 0 Å². The lowest BCUT2D eigenvalue weighted by Gasteiger charge is -2.06. The molecule has 5 rings (SSSR count). The van der Waals surface area contributed by atoms with Crippen LogP contribution in [-0.4, -0.2) is 15.7 Å². The monoisotopic (exact) mass is 517 g/mol. The number of ether oxygens (including phenoxy) is 2. The van der Waals surface area contributed by atoms with Gasteiger partial charge in [0.25, 0.3) is 5.91 Å². The largest absolute Gasteiger partial charge is 0.486 e. The fourth-order valence-electron chi connectivity index (χ4n) is 3.35. The highest BCUT2D eigenvalue weighted by atomic mass is 79.9. The predicted octanol–water partition coefficient (Wildman–Crippen LogP) is 6.26. The van der Waals surface area contributed by atoms with Gasteiger partial charge in [0.15, 0.2) is 12.5 Å². The summed E-state index contributed by atoms with van der Waals surface area (Å²) in [6.45, 7) is 0.436. The van der Waals surface area contributed by atoms with Crippen molar-refractivity contribution < 1.29 is 18.7 Å². The lowest BCUT2D eigenvalue weighted by Crippen LogP contribution is -2.10. The first-order chi connectivity index (χ1) is 16.6. The maximum absolute atomic E-state index is 12.6. The lowest BCUT2D eigenvalue weighted by atomic mass is 10.1. The molecule has 7 nitrogen and oxygen atoms in total. The van der Waals surface area contributed by atoms with Gasteiger partial charge in [0.1, 0.15) is 23.9 Å². The average molecular weight is 518 g/mol. The first-order valence-corrected chi connectivity index (χ1v) is 11.3. The average Bonchev–Trinajstić information content (AvgIpc) is 3.52. The van der Waals surface area contributed by atoms with Crippen LogP contribution in [0.2, 0.25) is 0 Å². The van der Waals surface area contributed by atoms with Crippen LogP contribution in [0, 0.1) is 0 Å². The first kappa shape index (κ1) is 21.8. The number of anilines is 1. The van der Waals surface area contributed by atoms with Crippen molar-refractivity contribution in [3.63, 3.8) is 0 Å². The van der Waals surface area contributed by atoms with E-state index < -0.39 is 0 Å². The molecule has 8 heteroatoms. The zero-order valence-electron chi connectivity index (χ0n) is 18.0. The highest BCUT2D eigenvalue weighted by Gasteiger charge is 2.13. The molecule has 0 atom stereocenters. The molecule has 0 spiro atoms. The molecule has 0 saturated heterocycles. The smallest absolute Gasteiger partial charge is 0.291 e. The Morgan fingerprint density at radius 3 is 2.59 bits per heavy atom. The van der Waals surface area contributed by atoms with E-state index in [1.165, 1.54) is 0 Å². The van der Waals surface area contributed by atoms with Crippen LogP contribution in [-0.2, 0) is 13.3 Å². The number of halogens is 1. The zero-order valence-corrected chi connectivity index (χ0v) is 19.6. The second-order valence-electron chi connectivity index (χ2n) is 7.51. The Morgan fingerprint density at radius 1 is 0.941 bits per heavy atom. The number of fused-ring (bicyclic) bond motifs is 1. The molecule has 0 aliphatic carbocycles. The van der Waals surface area contributed by atoms with Crippen molar-refractivity contribution in [2.45, 2.75) is 13.3 Å². The quantitative estimate of drug-likeness (QED) is 0.262. The number of furan rings is 1. The fraction of sp³-hybridized carbons (Fsp3) is 0.0769. The number of nitrogens with zero attached hydrogens (tertiary/aromatic N) is 2. The molecule has 0 unspecified atom stereocenters. The minimum absolute atomic E-state index is 0.191. The van der Waals surface area contributed by atoms with Gasteiger partial charge in [-0.1, -0.05) is 46.3 Å². The van der Waals surface area contributed by atoms with Gasteiger partial charge in [-0.25, -0.2) is 4.68 Å². The second kappa shape index (κ2) is 9.84. The Morgan fingerprint density at radius 2 is 1.74 bits per heavy atom. The number of carbonyl (C=O) groups excluding carboxylic acids is 1. The van der Waals surface area contributed by atoms with Gasteiger partial charge in [-0.05, 0) is 59.3 Å². The third-order valence-corrected chi connectivity index (χ3v) is 5.58. The van der Waals surface area contributed by atoms with Crippen LogP contribution in [0.3, 0.4) is 0 Å². The molecule has 0 bridgehead atoms. The Bertz CT molecular complexity index is 1430. The van der Waals surface area contributed by atoms with Gasteiger partial charge in [0.2, 0.25) is 0 Å². The van der Waals surface area contributed by atoms with E-state index >= 15 is 0 Å². The third-order valence-electron chi connectivity index (χ3n) is 5.06. The minimum Gasteiger partial charge on any atom is -0.486 e. The number of hydrogen-bond acceptors (Lipinski definition) is 5. The Balaban J connectivity index is 1.14. The van der Waals surface area contributed by atoms with Crippen LogP contribution < -0.4 is 14.8 Å². The number of aromatic nitrogens is 2. The summed E-state index contributed by atoms with van der Waals surface area (Å²) in [5.74, 6) is 1.83. The molecular formula is C26H20BrN3O4. The van der Waals surface area contributed by atoms with E-state index in [2.05, 4.69) is 32.4 Å². The van der Waals surface area contributed by atoms with Crippen molar-refractivity contribution in [3.05, 3.63) is 107 Å². The number of rotatable bonds is 8. The number of hydrogen-bond donors (Lipinski definition) is 1. The lowest BCUT2D eigenvalue weighted by molar-refractivity contribution is 0.0992. The summed E-state index contributed by atoms with van der Waals surface area (Å²) in [5.41, 5.74) is 0.537. The van der Waals surface area contributed by atoms with E-state index in [1.54, 1.807) is 29.2 Å². The highest BCUT2D eigenvalue weighted by molar-refractivity contribution is 9.10. The highest BCUT2D eigenvalue weighted by Crippen LogP contribution is 2.22. The molecule has 0 fully saturated rings. The molecule has 0 saturated carbocycles. The molecule has 0 aliphatic rings. The zero-order chi connectivity index (χ0) is 23.3. The van der Waals surface area contributed by atoms with Crippen molar-refractivity contribution >= 4 is 38.3 Å². The van der Waals surface area contributed by atoms with Crippen LogP contribution in [0.1, 0.15) is 16.3 Å². The summed E-state index contributed by atoms with van der Waals surface area (Å²) in [5, 5.41) is 9.22. The third kappa shape index (κ3) is 5.29. The molecule has 2 heterocycles. The number of benzene rings is 3. The van der Waals surface area contributed by atoms with Gasteiger partial charge in [0.05, 0.1) is 18.1 Å². The molecule has 170 valence electrons. The van der Waals surface area contributed by atoms with Crippen molar-refractivity contribution in [2.75, 3.05) is 5.32 Å². The van der Waals surface area contributed by atoms with E-state index in [0.717, 1.165) is 26.7 Å². The van der Waals surface area contributed by atoms with E-state index in [0.29, 0.717) is 11.4 Å². The molecule has 0 aliphatic heterocycles. The number of amides is 1. The molecule has 34 heavy (non-hydrogen) atoms. The maximum atomic E-state index is 12.6. The SMILES string of the molecule is O=C(Nc1cnn(COc2ccc(Br)cc2)c1)c1ccc(COc2ccc3ccccc3c2)o1. The van der Waals surface area contributed by atoms with Crippen molar-refractivity contribution in [3.8, 4) is 11.5 Å². The Kier molecular flexibility index (Phi) is 6.31. The summed E-state index contributed by atoms with van der Waals surface area (Å²) < 4.78 is 19.7. The van der Waals surface area contributed by atoms with Crippen LogP contribution in [0.25, 0.3) is 10.8 Å². The van der Waals surface area contributed by atoms with E-state index in [4.69, 9.17) is 13.9 Å². The summed E-state index contributed by atoms with van der Waals surface area (Å²) in [6.07, 6.45) is 3.24. The molecule has 1 amide bonds. The molecule has 0 radical (unpaired) electrons. The maximum Gasteiger partial charge on any atom is 0.291 e. The number of nitrogens with one attached hydrogen (secondary N) is 1. The molecule has 2 aromatic heterocycles. The van der Waals surface area contributed by atoms with Gasteiger partial charge >= 0.3 is 0 Å². The number of carbonyl (C=O) groups is 1. The Hall–Kier alpha value is -4.04. The first-order valence-electron chi connectivity index (χ1n) is 10.5. The fourth-order valence-corrected chi connectivity index (χ4v) is 3.62. The van der Waals surface area contributed by atoms with Crippen LogP contribution >= 0.6 is 15.9 Å². The Labute approximate surface area is 204 Å². The second-order valence-corrected chi connectivity index (χ2v) is 8.43. The minimum atomic E-state index is -0.370. The standard InChI is InChI=1S/C26H20BrN3O4/c27-20-6-9-22(10-7-20)33-17-30-15-21(14-28-30)29-26(31)25-12-11-24(34-25)16-32-23-8-5-18-3-1-2-4-19(18)13-23/h1-15H,16-17H2,(H,29,31). The summed E-state index contributed by atoms with van der Waals surface area (Å²) in [6, 6.07) is 24.8. The predicted molar refractivity (Wildman–Crippen MR) is 132 cm³/mol. The summed E-state index contributed by atoms with van der Waals surface area (Å²) in [4.78, 5) is 12.6. The molecular weight excluding hydrogens is 498 g/mol. The van der Waals surface area contributed by atoms with Crippen molar-refractivity contribution in [1.82, 2.24) is 9.78 Å². The van der Waals surface area contributed by atoms with Crippen molar-refractivity contribution in [1.29, 1.82) is 0 Å². The van der Waals surface area contributed by atoms with E-state index in [1.807, 2.05) is 60.7 Å². The van der Waals surface area contributed by atoms with E-state index in [9.17, 15) is 4.79 Å². The van der Waals surface area contributed by atoms with Gasteiger partial charge < -0.3 is 19.2 Å². The van der Waals surface area contributed by atoms with Crippen LogP contribution in [0.5, 0.6) is 11.5 Å². The summed E-state index contributed by atoms with van der Waals surface area (Å²) in [7, 11) is 0. The normalized spacial score (nSPS) is 10.9. The molecule has 3 aromatic carbocycles. The van der Waals surface area contributed by atoms with Crippen LogP contribution in [0.4, 0.5) is 5.69 Å². The molecule has 1 N–H and O–H groups in total. The topological polar surface area (TPSA) is 78.5 Å². The van der Waals surface area contributed by atoms with Crippen LogP contribution in [0.15, 0.2) is 100 Å². The van der Waals surface area contributed by atoms with Gasteiger partial charge in [-0.15, -0.1) is 0 Å². The van der Waals surface area contributed by atoms with Gasteiger partial charge in [-0.2, -0.15) is 5.10 Å². The van der Waals surface area contributed by atoms with Gasteiger partial charge in [-0.3, -0.25) is 4.79 Å². The molecule has 5 aromatic rings. The van der Waals surface area contributed by atoms with Gasteiger partial charge in [0, 0.05) is 4.47 Å². The summed E-state index contributed by atoms with van der Waals surface area (Å²) >= 11 is 3.39.